The van der Waals surface area contributed by atoms with Gasteiger partial charge >= 0.3 is 0 Å². The lowest BCUT2D eigenvalue weighted by molar-refractivity contribution is 0.310. The zero-order chi connectivity index (χ0) is 8.84. The summed E-state index contributed by atoms with van der Waals surface area (Å²) in [7, 11) is 1.74. The molecule has 0 saturated heterocycles. The Kier molecular flexibility index (Phi) is 1.21. The molecule has 2 bridgehead atoms. The van der Waals surface area contributed by atoms with Gasteiger partial charge in [0.1, 0.15) is 5.76 Å². The maximum Gasteiger partial charge on any atom is 0.123 e. The minimum absolute atomic E-state index is 1.05. The maximum atomic E-state index is 5.31. The lowest BCUT2D eigenvalue weighted by atomic mass is 10.0. The van der Waals surface area contributed by atoms with Gasteiger partial charge in [-0.25, -0.2) is 0 Å². The highest BCUT2D eigenvalue weighted by molar-refractivity contribution is 5.99. The molecule has 1 aromatic rings. The van der Waals surface area contributed by atoms with E-state index in [1.54, 1.807) is 7.11 Å². The number of hydrogen-bond acceptors (Lipinski definition) is 1. The van der Waals surface area contributed by atoms with E-state index in [2.05, 4.69) is 30.3 Å². The fourth-order valence-electron chi connectivity index (χ4n) is 2.18. The molecule has 0 N–H and O–H groups in total. The molecule has 2 aliphatic rings. The van der Waals surface area contributed by atoms with Gasteiger partial charge in [0.2, 0.25) is 0 Å². The number of fused-ring (bicyclic) bond motifs is 5. The molecule has 0 fully saturated rings. The summed E-state index contributed by atoms with van der Waals surface area (Å²) in [6.07, 6.45) is 3.21. The van der Waals surface area contributed by atoms with E-state index in [-0.39, 0.29) is 0 Å². The fourth-order valence-corrected chi connectivity index (χ4v) is 2.18. The number of hydrogen-bond donors (Lipinski definition) is 0. The first-order valence-electron chi connectivity index (χ1n) is 4.47. The average Bonchev–Trinajstić information content (AvgIpc) is 2.75. The monoisotopic (exact) mass is 170 g/mol. The van der Waals surface area contributed by atoms with Gasteiger partial charge in [0.15, 0.2) is 0 Å². The largest absolute Gasteiger partial charge is 0.496 e. The van der Waals surface area contributed by atoms with Crippen LogP contribution in [0.15, 0.2) is 36.1 Å². The highest BCUT2D eigenvalue weighted by Crippen LogP contribution is 2.47. The van der Waals surface area contributed by atoms with Gasteiger partial charge in [-0.1, -0.05) is 24.3 Å². The average molecular weight is 170 g/mol. The molecular formula is C12H10O. The van der Waals surface area contributed by atoms with E-state index in [1.165, 1.54) is 22.3 Å². The van der Waals surface area contributed by atoms with Crippen LogP contribution in [0.25, 0.3) is 11.1 Å². The summed E-state index contributed by atoms with van der Waals surface area (Å²) >= 11 is 0. The van der Waals surface area contributed by atoms with Crippen molar-refractivity contribution in [1.82, 2.24) is 0 Å². The Labute approximate surface area is 77.3 Å². The van der Waals surface area contributed by atoms with Crippen molar-refractivity contribution in [3.8, 4) is 0 Å². The third-order valence-corrected chi connectivity index (χ3v) is 2.79. The number of ether oxygens (including phenoxy) is 1. The van der Waals surface area contributed by atoms with Gasteiger partial charge in [0, 0.05) is 12.0 Å². The van der Waals surface area contributed by atoms with Crippen molar-refractivity contribution in [3.63, 3.8) is 0 Å². The number of rotatable bonds is 1. The quantitative estimate of drug-likeness (QED) is 0.629. The van der Waals surface area contributed by atoms with Crippen LogP contribution in [-0.2, 0) is 4.74 Å². The van der Waals surface area contributed by atoms with Crippen LogP contribution in [0.3, 0.4) is 0 Å². The number of methoxy groups -OCH3 is 1. The van der Waals surface area contributed by atoms with E-state index in [1.807, 2.05) is 0 Å². The van der Waals surface area contributed by atoms with Crippen LogP contribution in [0.1, 0.15) is 17.5 Å². The summed E-state index contributed by atoms with van der Waals surface area (Å²) in [6, 6.07) is 8.53. The zero-order valence-electron chi connectivity index (χ0n) is 7.50. The molecule has 0 aromatic heterocycles. The zero-order valence-corrected chi connectivity index (χ0v) is 7.50. The van der Waals surface area contributed by atoms with Crippen LogP contribution in [-0.4, -0.2) is 7.11 Å². The van der Waals surface area contributed by atoms with E-state index < -0.39 is 0 Å². The second kappa shape index (κ2) is 2.25. The highest BCUT2D eigenvalue weighted by atomic mass is 16.5. The predicted molar refractivity (Wildman–Crippen MR) is 53.0 cm³/mol. The lowest BCUT2D eigenvalue weighted by Gasteiger charge is -2.08. The molecule has 2 aliphatic carbocycles. The standard InChI is InChI=1S/C12H10O/c1-13-12-7-8-6-11(12)10-5-3-2-4-9(8)10/h2-5,7H,6H2,1H3. The van der Waals surface area contributed by atoms with Crippen molar-refractivity contribution in [2.24, 2.45) is 0 Å². The van der Waals surface area contributed by atoms with Gasteiger partial charge in [-0.05, 0) is 22.8 Å². The minimum atomic E-state index is 1.05. The molecule has 1 nitrogen and oxygen atoms in total. The number of allylic oxidation sites excluding steroid dienone is 3. The van der Waals surface area contributed by atoms with Crippen molar-refractivity contribution >= 4 is 11.1 Å². The van der Waals surface area contributed by atoms with Crippen LogP contribution in [0.2, 0.25) is 0 Å². The molecule has 0 saturated carbocycles. The first-order valence-corrected chi connectivity index (χ1v) is 4.47. The normalized spacial score (nSPS) is 17.5. The Bertz CT molecular complexity index is 438. The Morgan fingerprint density at radius 3 is 2.69 bits per heavy atom. The molecular weight excluding hydrogens is 160 g/mol. The first kappa shape index (κ1) is 6.96. The van der Waals surface area contributed by atoms with E-state index in [0.29, 0.717) is 0 Å². The van der Waals surface area contributed by atoms with E-state index in [0.717, 1.165) is 12.2 Å². The smallest absolute Gasteiger partial charge is 0.123 e. The van der Waals surface area contributed by atoms with Crippen molar-refractivity contribution < 1.29 is 4.74 Å². The van der Waals surface area contributed by atoms with Gasteiger partial charge in [0.25, 0.3) is 0 Å². The molecule has 1 heteroatoms. The van der Waals surface area contributed by atoms with Crippen molar-refractivity contribution in [2.45, 2.75) is 6.42 Å². The highest BCUT2D eigenvalue weighted by Gasteiger charge is 2.28. The molecule has 64 valence electrons. The third kappa shape index (κ3) is 0.765. The lowest BCUT2D eigenvalue weighted by Crippen LogP contribution is -1.90. The van der Waals surface area contributed by atoms with E-state index in [9.17, 15) is 0 Å². The van der Waals surface area contributed by atoms with Crippen LogP contribution >= 0.6 is 0 Å². The van der Waals surface area contributed by atoms with Gasteiger partial charge in [-0.15, -0.1) is 0 Å². The Hall–Kier alpha value is -1.50. The van der Waals surface area contributed by atoms with Crippen molar-refractivity contribution in [1.29, 1.82) is 0 Å². The molecule has 0 atom stereocenters. The second-order valence-electron chi connectivity index (χ2n) is 3.44. The summed E-state index contributed by atoms with van der Waals surface area (Å²) in [5.74, 6) is 1.05. The molecule has 1 aromatic carbocycles. The van der Waals surface area contributed by atoms with Crippen molar-refractivity contribution in [3.05, 3.63) is 47.2 Å². The third-order valence-electron chi connectivity index (χ3n) is 2.79. The molecule has 0 unspecified atom stereocenters. The van der Waals surface area contributed by atoms with E-state index in [4.69, 9.17) is 4.74 Å². The molecule has 0 amide bonds. The summed E-state index contributed by atoms with van der Waals surface area (Å²) in [6.45, 7) is 0. The molecule has 13 heavy (non-hydrogen) atoms. The summed E-state index contributed by atoms with van der Waals surface area (Å²) in [5.41, 5.74) is 5.51. The Morgan fingerprint density at radius 2 is 1.92 bits per heavy atom. The van der Waals surface area contributed by atoms with Gasteiger partial charge < -0.3 is 4.74 Å². The SMILES string of the molecule is COC1=C2CC(=C1)c1ccccc12. The van der Waals surface area contributed by atoms with Crippen LogP contribution < -0.4 is 0 Å². The topological polar surface area (TPSA) is 9.23 Å². The molecule has 3 rings (SSSR count). The molecule has 0 spiro atoms. The fraction of sp³-hybridized carbons (Fsp3) is 0.167. The van der Waals surface area contributed by atoms with Crippen LogP contribution in [0.4, 0.5) is 0 Å². The number of benzene rings is 1. The van der Waals surface area contributed by atoms with Crippen molar-refractivity contribution in [2.75, 3.05) is 7.11 Å². The first-order chi connectivity index (χ1) is 6.40. The maximum absolute atomic E-state index is 5.31. The summed E-state index contributed by atoms with van der Waals surface area (Å²) in [4.78, 5) is 0. The van der Waals surface area contributed by atoms with E-state index >= 15 is 0 Å². The van der Waals surface area contributed by atoms with Gasteiger partial charge in [-0.2, -0.15) is 0 Å². The van der Waals surface area contributed by atoms with Gasteiger partial charge in [-0.3, -0.25) is 0 Å². The Morgan fingerprint density at radius 1 is 1.15 bits per heavy atom. The predicted octanol–water partition coefficient (Wildman–Crippen LogP) is 2.84. The molecule has 0 radical (unpaired) electrons. The summed E-state index contributed by atoms with van der Waals surface area (Å²) in [5, 5.41) is 0. The second-order valence-corrected chi connectivity index (χ2v) is 3.44. The molecule has 0 aliphatic heterocycles. The van der Waals surface area contributed by atoms with Gasteiger partial charge in [0.05, 0.1) is 7.11 Å². The Balaban J connectivity index is 2.29. The molecule has 0 heterocycles. The van der Waals surface area contributed by atoms with Crippen LogP contribution in [0.5, 0.6) is 0 Å². The van der Waals surface area contributed by atoms with Crippen LogP contribution in [0, 0.1) is 0 Å². The minimum Gasteiger partial charge on any atom is -0.496 e. The summed E-state index contributed by atoms with van der Waals surface area (Å²) < 4.78 is 5.31.